The lowest BCUT2D eigenvalue weighted by molar-refractivity contribution is -0.0121. The Morgan fingerprint density at radius 3 is 2.77 bits per heavy atom. The Labute approximate surface area is 182 Å². The molecule has 7 heteroatoms. The second-order valence-electron chi connectivity index (χ2n) is 8.03. The van der Waals surface area contributed by atoms with Crippen LogP contribution < -0.4 is 5.32 Å². The maximum atomic E-state index is 13.1. The number of furan rings is 1. The minimum Gasteiger partial charge on any atom is -0.465 e. The predicted molar refractivity (Wildman–Crippen MR) is 118 cm³/mol. The van der Waals surface area contributed by atoms with E-state index in [0.29, 0.717) is 25.2 Å². The van der Waals surface area contributed by atoms with Crippen LogP contribution in [0.3, 0.4) is 0 Å². The predicted octanol–water partition coefficient (Wildman–Crippen LogP) is 2.73. The summed E-state index contributed by atoms with van der Waals surface area (Å²) >= 11 is 0. The molecule has 0 unspecified atom stereocenters. The molecule has 3 aromatic rings. The number of aryl methyl sites for hydroxylation is 2. The number of rotatable bonds is 6. The number of amides is 1. The van der Waals surface area contributed by atoms with Crippen LogP contribution in [-0.2, 0) is 12.6 Å². The highest BCUT2D eigenvalue weighted by Crippen LogP contribution is 2.34. The lowest BCUT2D eigenvalue weighted by atomic mass is 9.78. The summed E-state index contributed by atoms with van der Waals surface area (Å²) in [5, 5.41) is 18.7. The zero-order valence-electron chi connectivity index (χ0n) is 17.9. The minimum absolute atomic E-state index is 0.280. The maximum Gasteiger partial charge on any atom is 0.272 e. The first kappa shape index (κ1) is 21.1. The van der Waals surface area contributed by atoms with Gasteiger partial charge < -0.3 is 14.8 Å². The average molecular weight is 421 g/mol. The molecule has 1 aliphatic heterocycles. The first-order valence-electron chi connectivity index (χ1n) is 10.5. The van der Waals surface area contributed by atoms with E-state index in [0.717, 1.165) is 23.6 Å². The van der Waals surface area contributed by atoms with Gasteiger partial charge in [0.1, 0.15) is 11.5 Å². The van der Waals surface area contributed by atoms with Crippen LogP contribution in [0.4, 0.5) is 0 Å². The SMILES string of the molecule is Cc1cc(C(=O)N[C@@]2(c3ccccc3)CCN(C/C=C/c3ccco3)C[C@H]2O)nn1C. The summed E-state index contributed by atoms with van der Waals surface area (Å²) in [6.45, 7) is 3.77. The van der Waals surface area contributed by atoms with Crippen molar-refractivity contribution >= 4 is 12.0 Å². The standard InChI is InChI=1S/C24H28N4O3/c1-18-16-21(26-27(18)2)23(30)25-24(19-8-4-3-5-9-19)12-14-28(17-22(24)29)13-6-10-20-11-7-15-31-20/h3-11,15-16,22,29H,12-14,17H2,1-2H3,(H,25,30)/b10-6+/t22-,24-/m1/s1. The fraction of sp³-hybridized carbons (Fsp3) is 0.333. The highest BCUT2D eigenvalue weighted by Gasteiger charge is 2.45. The van der Waals surface area contributed by atoms with E-state index in [2.05, 4.69) is 15.3 Å². The van der Waals surface area contributed by atoms with E-state index in [9.17, 15) is 9.90 Å². The van der Waals surface area contributed by atoms with Crippen molar-refractivity contribution < 1.29 is 14.3 Å². The van der Waals surface area contributed by atoms with Gasteiger partial charge in [-0.2, -0.15) is 5.10 Å². The maximum absolute atomic E-state index is 13.1. The summed E-state index contributed by atoms with van der Waals surface area (Å²) in [7, 11) is 1.81. The molecule has 4 rings (SSSR count). The number of hydrogen-bond donors (Lipinski definition) is 2. The number of hydrogen-bond acceptors (Lipinski definition) is 5. The molecule has 1 saturated heterocycles. The summed E-state index contributed by atoms with van der Waals surface area (Å²) in [6.07, 6.45) is 5.41. The van der Waals surface area contributed by atoms with Crippen molar-refractivity contribution in [1.82, 2.24) is 20.0 Å². The lowest BCUT2D eigenvalue weighted by Gasteiger charge is -2.46. The van der Waals surface area contributed by atoms with Crippen LogP contribution in [-0.4, -0.2) is 51.4 Å². The van der Waals surface area contributed by atoms with Crippen LogP contribution in [0.25, 0.3) is 6.08 Å². The average Bonchev–Trinajstić information content (AvgIpc) is 3.40. The first-order valence-corrected chi connectivity index (χ1v) is 10.5. The molecule has 2 aromatic heterocycles. The molecule has 2 atom stereocenters. The third kappa shape index (κ3) is 4.47. The highest BCUT2D eigenvalue weighted by molar-refractivity contribution is 5.93. The number of carbonyl (C=O) groups is 1. The molecule has 1 amide bonds. The molecule has 1 aliphatic rings. The molecule has 162 valence electrons. The zero-order valence-corrected chi connectivity index (χ0v) is 17.9. The molecule has 3 heterocycles. The van der Waals surface area contributed by atoms with Crippen molar-refractivity contribution in [3.8, 4) is 0 Å². The van der Waals surface area contributed by atoms with Crippen molar-refractivity contribution in [3.63, 3.8) is 0 Å². The number of nitrogens with zero attached hydrogens (tertiary/aromatic N) is 3. The number of aromatic nitrogens is 2. The van der Waals surface area contributed by atoms with Crippen LogP contribution in [0.1, 0.15) is 33.9 Å². The van der Waals surface area contributed by atoms with Crippen LogP contribution in [0.15, 0.2) is 65.3 Å². The Bertz CT molecular complexity index is 1020. The van der Waals surface area contributed by atoms with Crippen molar-refractivity contribution in [2.24, 2.45) is 7.05 Å². The molecule has 1 aromatic carbocycles. The summed E-state index contributed by atoms with van der Waals surface area (Å²) < 4.78 is 7.00. The molecule has 0 saturated carbocycles. The molecular weight excluding hydrogens is 392 g/mol. The topological polar surface area (TPSA) is 83.5 Å². The number of nitrogens with one attached hydrogen (secondary N) is 1. The van der Waals surface area contributed by atoms with E-state index in [-0.39, 0.29) is 5.91 Å². The highest BCUT2D eigenvalue weighted by atomic mass is 16.3. The van der Waals surface area contributed by atoms with Gasteiger partial charge in [-0.15, -0.1) is 0 Å². The van der Waals surface area contributed by atoms with E-state index >= 15 is 0 Å². The number of benzene rings is 1. The molecule has 0 aliphatic carbocycles. The van der Waals surface area contributed by atoms with Crippen LogP contribution in [0, 0.1) is 6.92 Å². The van der Waals surface area contributed by atoms with E-state index in [1.54, 1.807) is 17.0 Å². The van der Waals surface area contributed by atoms with Gasteiger partial charge >= 0.3 is 0 Å². The van der Waals surface area contributed by atoms with E-state index in [4.69, 9.17) is 4.42 Å². The van der Waals surface area contributed by atoms with Crippen molar-refractivity contribution in [1.29, 1.82) is 0 Å². The van der Waals surface area contributed by atoms with Gasteiger partial charge in [-0.3, -0.25) is 14.4 Å². The third-order valence-corrected chi connectivity index (χ3v) is 5.98. The first-order chi connectivity index (χ1) is 15.0. The van der Waals surface area contributed by atoms with Crippen LogP contribution in [0.2, 0.25) is 0 Å². The van der Waals surface area contributed by atoms with Gasteiger partial charge in [-0.05, 0) is 43.2 Å². The number of carbonyl (C=O) groups excluding carboxylic acids is 1. The molecule has 7 nitrogen and oxygen atoms in total. The van der Waals surface area contributed by atoms with Gasteiger partial charge in [0, 0.05) is 32.4 Å². The Kier molecular flexibility index (Phi) is 6.06. The smallest absolute Gasteiger partial charge is 0.272 e. The Balaban J connectivity index is 1.52. The van der Waals surface area contributed by atoms with Gasteiger partial charge in [-0.25, -0.2) is 0 Å². The van der Waals surface area contributed by atoms with E-state index in [1.807, 2.05) is 68.6 Å². The number of aliphatic hydroxyl groups excluding tert-OH is 1. The van der Waals surface area contributed by atoms with Crippen LogP contribution >= 0.6 is 0 Å². The van der Waals surface area contributed by atoms with Gasteiger partial charge in [-0.1, -0.05) is 36.4 Å². The molecule has 0 radical (unpaired) electrons. The van der Waals surface area contributed by atoms with Crippen molar-refractivity contribution in [2.75, 3.05) is 19.6 Å². The summed E-state index contributed by atoms with van der Waals surface area (Å²) in [5.41, 5.74) is 1.28. The monoisotopic (exact) mass is 420 g/mol. The molecular formula is C24H28N4O3. The zero-order chi connectivity index (χ0) is 21.8. The second kappa shape index (κ2) is 8.91. The minimum atomic E-state index is -0.870. The molecule has 2 N–H and O–H groups in total. The van der Waals surface area contributed by atoms with Gasteiger partial charge in [0.25, 0.3) is 5.91 Å². The molecule has 1 fully saturated rings. The molecule has 31 heavy (non-hydrogen) atoms. The Morgan fingerprint density at radius 2 is 2.13 bits per heavy atom. The summed E-state index contributed by atoms with van der Waals surface area (Å²) in [4.78, 5) is 15.2. The van der Waals surface area contributed by atoms with Gasteiger partial charge in [0.15, 0.2) is 0 Å². The Hall–Kier alpha value is -3.16. The summed E-state index contributed by atoms with van der Waals surface area (Å²) in [6, 6.07) is 15.2. The Morgan fingerprint density at radius 1 is 1.32 bits per heavy atom. The number of β-amino-alcohol motifs (C(OH)–C–C–N with tert-alkyl or cyclic N) is 1. The number of piperidine rings is 1. The van der Waals surface area contributed by atoms with E-state index < -0.39 is 11.6 Å². The molecule has 0 spiro atoms. The fourth-order valence-electron chi connectivity index (χ4n) is 4.09. The largest absolute Gasteiger partial charge is 0.465 e. The number of likely N-dealkylation sites (tertiary alicyclic amines) is 1. The van der Waals surface area contributed by atoms with Crippen LogP contribution in [0.5, 0.6) is 0 Å². The van der Waals surface area contributed by atoms with Crippen molar-refractivity contribution in [3.05, 3.63) is 83.6 Å². The fourth-order valence-corrected chi connectivity index (χ4v) is 4.09. The van der Waals surface area contributed by atoms with Gasteiger partial charge in [0.05, 0.1) is 17.9 Å². The van der Waals surface area contributed by atoms with Crippen molar-refractivity contribution in [2.45, 2.75) is 25.0 Å². The normalized spacial score (nSPS) is 22.1. The van der Waals surface area contributed by atoms with Gasteiger partial charge in [0.2, 0.25) is 0 Å². The third-order valence-electron chi connectivity index (χ3n) is 5.98. The second-order valence-corrected chi connectivity index (χ2v) is 8.03. The summed E-state index contributed by atoms with van der Waals surface area (Å²) in [5.74, 6) is 0.520. The quantitative estimate of drug-likeness (QED) is 0.641. The van der Waals surface area contributed by atoms with E-state index in [1.165, 1.54) is 0 Å². The number of aliphatic hydroxyl groups is 1. The lowest BCUT2D eigenvalue weighted by Crippen LogP contribution is -2.62. The molecule has 0 bridgehead atoms.